The second kappa shape index (κ2) is 5.49. The van der Waals surface area contributed by atoms with Crippen molar-refractivity contribution in [3.05, 3.63) is 63.2 Å². The van der Waals surface area contributed by atoms with Gasteiger partial charge in [0, 0.05) is 17.3 Å². The lowest BCUT2D eigenvalue weighted by atomic mass is 10.2. The molecule has 2 aromatic carbocycles. The molecule has 0 aromatic heterocycles. The molecule has 0 fully saturated rings. The lowest BCUT2D eigenvalue weighted by molar-refractivity contribution is -0.383. The number of nitrogens with two attached hydrogens (primary N) is 1. The normalized spacial score (nSPS) is 10.8. The molecule has 2 rings (SSSR count). The molecule has 0 aliphatic rings. The molecule has 0 bridgehead atoms. The van der Waals surface area contributed by atoms with E-state index in [0.717, 1.165) is 5.56 Å². The molecule has 0 amide bonds. The number of nitrogen functional groups attached to an aromatic ring is 1. The van der Waals surface area contributed by atoms with Crippen molar-refractivity contribution in [2.24, 2.45) is 4.99 Å². The second-order valence-electron chi connectivity index (χ2n) is 3.81. The van der Waals surface area contributed by atoms with Gasteiger partial charge in [-0.15, -0.1) is 0 Å². The highest BCUT2D eigenvalue weighted by Gasteiger charge is 2.11. The minimum Gasteiger partial charge on any atom is -0.393 e. The molecule has 0 unspecified atom stereocenters. The summed E-state index contributed by atoms with van der Waals surface area (Å²) >= 11 is 5.77. The van der Waals surface area contributed by atoms with Crippen LogP contribution >= 0.6 is 11.6 Å². The van der Waals surface area contributed by atoms with Crippen LogP contribution in [0, 0.1) is 10.1 Å². The summed E-state index contributed by atoms with van der Waals surface area (Å²) < 4.78 is 0. The number of hydrogen-bond acceptors (Lipinski definition) is 4. The summed E-state index contributed by atoms with van der Waals surface area (Å²) in [5.41, 5.74) is 6.80. The number of nitrogens with zero attached hydrogens (tertiary/aromatic N) is 2. The molecular weight excluding hydrogens is 266 g/mol. The van der Waals surface area contributed by atoms with Gasteiger partial charge in [0.25, 0.3) is 5.69 Å². The van der Waals surface area contributed by atoms with E-state index in [-0.39, 0.29) is 11.4 Å². The number of aliphatic imine (C=N–C) groups is 1. The van der Waals surface area contributed by atoms with Crippen LogP contribution in [-0.4, -0.2) is 11.1 Å². The Morgan fingerprint density at radius 1 is 1.21 bits per heavy atom. The molecule has 0 saturated heterocycles. The van der Waals surface area contributed by atoms with Crippen molar-refractivity contribution >= 4 is 34.9 Å². The topological polar surface area (TPSA) is 81.5 Å². The van der Waals surface area contributed by atoms with Crippen LogP contribution in [0.25, 0.3) is 0 Å². The maximum atomic E-state index is 10.7. The molecular formula is C13H10ClN3O2. The first kappa shape index (κ1) is 13.0. The first-order valence-corrected chi connectivity index (χ1v) is 5.77. The van der Waals surface area contributed by atoms with Crippen molar-refractivity contribution in [1.82, 2.24) is 0 Å². The van der Waals surface area contributed by atoms with Crippen molar-refractivity contribution in [3.63, 3.8) is 0 Å². The molecule has 2 N–H and O–H groups in total. The van der Waals surface area contributed by atoms with Crippen molar-refractivity contribution in [3.8, 4) is 0 Å². The SMILES string of the molecule is Nc1ccc(N=Cc2ccc(Cl)cc2)cc1[N+](=O)[O-]. The summed E-state index contributed by atoms with van der Waals surface area (Å²) in [6.45, 7) is 0. The van der Waals surface area contributed by atoms with Gasteiger partial charge in [-0.05, 0) is 29.8 Å². The average Bonchev–Trinajstić information content (AvgIpc) is 2.39. The van der Waals surface area contributed by atoms with E-state index < -0.39 is 4.92 Å². The summed E-state index contributed by atoms with van der Waals surface area (Å²) in [5, 5.41) is 11.4. The largest absolute Gasteiger partial charge is 0.393 e. The van der Waals surface area contributed by atoms with E-state index in [9.17, 15) is 10.1 Å². The fraction of sp³-hybridized carbons (Fsp3) is 0. The predicted octanol–water partition coefficient (Wildman–Crippen LogP) is 3.58. The van der Waals surface area contributed by atoms with Gasteiger partial charge in [-0.2, -0.15) is 0 Å². The molecule has 0 aliphatic carbocycles. The zero-order valence-corrected chi connectivity index (χ0v) is 10.5. The molecule has 5 nitrogen and oxygen atoms in total. The molecule has 96 valence electrons. The van der Waals surface area contributed by atoms with E-state index in [2.05, 4.69) is 4.99 Å². The zero-order chi connectivity index (χ0) is 13.8. The van der Waals surface area contributed by atoms with E-state index in [0.29, 0.717) is 10.7 Å². The van der Waals surface area contributed by atoms with Gasteiger partial charge in [0.1, 0.15) is 5.69 Å². The lowest BCUT2D eigenvalue weighted by Crippen LogP contribution is -1.94. The first-order valence-electron chi connectivity index (χ1n) is 5.40. The summed E-state index contributed by atoms with van der Waals surface area (Å²) in [4.78, 5) is 14.4. The molecule has 0 spiro atoms. The van der Waals surface area contributed by atoms with E-state index >= 15 is 0 Å². The Bertz CT molecular complexity index is 639. The highest BCUT2D eigenvalue weighted by Crippen LogP contribution is 2.26. The van der Waals surface area contributed by atoms with Crippen LogP contribution in [0.4, 0.5) is 17.1 Å². The Kier molecular flexibility index (Phi) is 3.77. The predicted molar refractivity (Wildman–Crippen MR) is 76.2 cm³/mol. The molecule has 0 aliphatic heterocycles. The van der Waals surface area contributed by atoms with E-state index in [4.69, 9.17) is 17.3 Å². The van der Waals surface area contributed by atoms with Gasteiger partial charge in [-0.3, -0.25) is 15.1 Å². The Balaban J connectivity index is 2.26. The summed E-state index contributed by atoms with van der Waals surface area (Å²) in [5.74, 6) is 0. The smallest absolute Gasteiger partial charge is 0.294 e. The fourth-order valence-electron chi connectivity index (χ4n) is 1.47. The summed E-state index contributed by atoms with van der Waals surface area (Å²) in [6.07, 6.45) is 1.60. The average molecular weight is 276 g/mol. The van der Waals surface area contributed by atoms with Crippen LogP contribution in [-0.2, 0) is 0 Å². The lowest BCUT2D eigenvalue weighted by Gasteiger charge is -1.98. The van der Waals surface area contributed by atoms with Crippen molar-refractivity contribution in [2.75, 3.05) is 5.73 Å². The third-order valence-electron chi connectivity index (χ3n) is 2.44. The van der Waals surface area contributed by atoms with Gasteiger partial charge in [0.2, 0.25) is 0 Å². The molecule has 6 heteroatoms. The van der Waals surface area contributed by atoms with Crippen LogP contribution in [0.2, 0.25) is 5.02 Å². The molecule has 19 heavy (non-hydrogen) atoms. The number of benzene rings is 2. The van der Waals surface area contributed by atoms with Gasteiger partial charge >= 0.3 is 0 Å². The van der Waals surface area contributed by atoms with E-state index in [1.807, 2.05) is 0 Å². The number of halogens is 1. The minimum atomic E-state index is -0.531. The Morgan fingerprint density at radius 3 is 2.53 bits per heavy atom. The number of hydrogen-bond donors (Lipinski definition) is 1. The van der Waals surface area contributed by atoms with E-state index in [1.54, 1.807) is 36.5 Å². The van der Waals surface area contributed by atoms with Crippen molar-refractivity contribution in [1.29, 1.82) is 0 Å². The number of nitro groups is 1. The van der Waals surface area contributed by atoms with Gasteiger partial charge in [-0.25, -0.2) is 0 Å². The number of nitro benzene ring substituents is 1. The van der Waals surface area contributed by atoms with E-state index in [1.165, 1.54) is 12.1 Å². The van der Waals surface area contributed by atoms with Gasteiger partial charge in [0.15, 0.2) is 0 Å². The summed E-state index contributed by atoms with van der Waals surface area (Å²) in [7, 11) is 0. The minimum absolute atomic E-state index is 0.121. The number of anilines is 1. The second-order valence-corrected chi connectivity index (χ2v) is 4.25. The number of rotatable bonds is 3. The van der Waals surface area contributed by atoms with Gasteiger partial charge < -0.3 is 5.73 Å². The highest BCUT2D eigenvalue weighted by atomic mass is 35.5. The summed E-state index contributed by atoms with van der Waals surface area (Å²) in [6, 6.07) is 11.5. The third kappa shape index (κ3) is 3.29. The molecule has 0 heterocycles. The Labute approximate surface area is 114 Å². The monoisotopic (exact) mass is 275 g/mol. The molecule has 0 radical (unpaired) electrons. The van der Waals surface area contributed by atoms with Gasteiger partial charge in [-0.1, -0.05) is 23.7 Å². The van der Waals surface area contributed by atoms with Crippen LogP contribution in [0.1, 0.15) is 5.56 Å². The zero-order valence-electron chi connectivity index (χ0n) is 9.79. The van der Waals surface area contributed by atoms with Crippen LogP contribution in [0.5, 0.6) is 0 Å². The maximum absolute atomic E-state index is 10.7. The van der Waals surface area contributed by atoms with Crippen LogP contribution < -0.4 is 5.73 Å². The van der Waals surface area contributed by atoms with Crippen molar-refractivity contribution in [2.45, 2.75) is 0 Å². The van der Waals surface area contributed by atoms with Crippen LogP contribution in [0.3, 0.4) is 0 Å². The molecule has 2 aromatic rings. The Morgan fingerprint density at radius 2 is 1.89 bits per heavy atom. The quantitative estimate of drug-likeness (QED) is 0.402. The molecule has 0 atom stereocenters. The standard InChI is InChI=1S/C13H10ClN3O2/c14-10-3-1-9(2-4-10)8-16-11-5-6-12(15)13(7-11)17(18)19/h1-8H,15H2. The molecule has 0 saturated carbocycles. The van der Waals surface area contributed by atoms with Crippen molar-refractivity contribution < 1.29 is 4.92 Å². The third-order valence-corrected chi connectivity index (χ3v) is 2.70. The maximum Gasteiger partial charge on any atom is 0.294 e. The van der Waals surface area contributed by atoms with Gasteiger partial charge in [0.05, 0.1) is 10.6 Å². The highest BCUT2D eigenvalue weighted by molar-refractivity contribution is 6.30. The Hall–Kier alpha value is -2.40. The fourth-order valence-corrected chi connectivity index (χ4v) is 1.59. The first-order chi connectivity index (χ1) is 9.06. The van der Waals surface area contributed by atoms with Crippen LogP contribution in [0.15, 0.2) is 47.5 Å².